The molecule has 0 radical (unpaired) electrons. The molecule has 0 aromatic heterocycles. The first-order chi connectivity index (χ1) is 14.7. The fourth-order valence-electron chi connectivity index (χ4n) is 3.21. The number of nitrogens with one attached hydrogen (secondary N) is 1. The molecule has 7 nitrogen and oxygen atoms in total. The summed E-state index contributed by atoms with van der Waals surface area (Å²) in [7, 11) is 0. The van der Waals surface area contributed by atoms with Crippen LogP contribution >= 0.6 is 23.2 Å². The predicted molar refractivity (Wildman–Crippen MR) is 111 cm³/mol. The van der Waals surface area contributed by atoms with Gasteiger partial charge in [0.25, 0.3) is 17.7 Å². The van der Waals surface area contributed by atoms with Crippen LogP contribution in [0, 0.1) is 11.6 Å². The van der Waals surface area contributed by atoms with Gasteiger partial charge < -0.3 is 20.9 Å². The molecule has 1 aliphatic heterocycles. The number of halogens is 4. The minimum atomic E-state index is -1.31. The zero-order valence-electron chi connectivity index (χ0n) is 16.1. The van der Waals surface area contributed by atoms with Crippen molar-refractivity contribution in [3.63, 3.8) is 0 Å². The lowest BCUT2D eigenvalue weighted by atomic mass is 10.1. The maximum Gasteiger partial charge on any atom is 0.263 e. The fraction of sp³-hybridized carbons (Fsp3) is 0.250. The standard InChI is InChI=1S/C20H18Cl2F2N4O3/c21-13-3-1-11(9-14(13)22)19(30)27-7-8-28(18(27)17(29)26-6-5-25)20(31)12-2-4-15(23)16(24)10-12/h1-4,9-10,18H,5-8,25H2,(H,26,29). The van der Waals surface area contributed by atoms with Gasteiger partial charge in [-0.3, -0.25) is 14.4 Å². The molecule has 2 aromatic carbocycles. The number of nitrogens with zero attached hydrogens (tertiary/aromatic N) is 2. The Morgan fingerprint density at radius 1 is 0.935 bits per heavy atom. The van der Waals surface area contributed by atoms with Crippen molar-refractivity contribution in [3.05, 3.63) is 69.2 Å². The Balaban J connectivity index is 1.93. The summed E-state index contributed by atoms with van der Waals surface area (Å²) >= 11 is 11.9. The third kappa shape index (κ3) is 4.79. The molecule has 0 spiro atoms. The number of hydrogen-bond donors (Lipinski definition) is 2. The molecule has 1 unspecified atom stereocenters. The first kappa shape index (κ1) is 22.9. The zero-order valence-corrected chi connectivity index (χ0v) is 17.6. The highest BCUT2D eigenvalue weighted by atomic mass is 35.5. The molecule has 31 heavy (non-hydrogen) atoms. The minimum absolute atomic E-state index is 0.00556. The van der Waals surface area contributed by atoms with E-state index >= 15 is 0 Å². The van der Waals surface area contributed by atoms with Gasteiger partial charge in [-0.2, -0.15) is 0 Å². The van der Waals surface area contributed by atoms with E-state index in [4.69, 9.17) is 28.9 Å². The number of carbonyl (C=O) groups is 3. The smallest absolute Gasteiger partial charge is 0.263 e. The lowest BCUT2D eigenvalue weighted by Gasteiger charge is -2.29. The van der Waals surface area contributed by atoms with E-state index in [1.54, 1.807) is 0 Å². The monoisotopic (exact) mass is 470 g/mol. The van der Waals surface area contributed by atoms with Gasteiger partial charge in [0.05, 0.1) is 10.0 Å². The summed E-state index contributed by atoms with van der Waals surface area (Å²) in [6.07, 6.45) is -1.31. The van der Waals surface area contributed by atoms with E-state index in [2.05, 4.69) is 5.32 Å². The molecule has 3 rings (SSSR count). The van der Waals surface area contributed by atoms with Gasteiger partial charge in [-0.05, 0) is 36.4 Å². The number of amides is 3. The summed E-state index contributed by atoms with van der Waals surface area (Å²) in [5, 5.41) is 2.97. The van der Waals surface area contributed by atoms with Gasteiger partial charge in [-0.1, -0.05) is 23.2 Å². The number of rotatable bonds is 5. The molecular weight excluding hydrogens is 453 g/mol. The predicted octanol–water partition coefficient (Wildman–Crippen LogP) is 2.27. The molecule has 3 N–H and O–H groups in total. The van der Waals surface area contributed by atoms with Crippen LogP contribution in [0.3, 0.4) is 0 Å². The molecule has 1 fully saturated rings. The highest BCUT2D eigenvalue weighted by molar-refractivity contribution is 6.42. The van der Waals surface area contributed by atoms with Crippen molar-refractivity contribution in [1.82, 2.24) is 15.1 Å². The largest absolute Gasteiger partial charge is 0.351 e. The van der Waals surface area contributed by atoms with Gasteiger partial charge in [0, 0.05) is 37.3 Å². The molecule has 1 atom stereocenters. The third-order valence-electron chi connectivity index (χ3n) is 4.71. The Labute approximate surface area is 186 Å². The highest BCUT2D eigenvalue weighted by Gasteiger charge is 2.43. The van der Waals surface area contributed by atoms with Crippen LogP contribution in [-0.2, 0) is 4.79 Å². The number of benzene rings is 2. The highest BCUT2D eigenvalue weighted by Crippen LogP contribution is 2.26. The summed E-state index contributed by atoms with van der Waals surface area (Å²) in [6, 6.07) is 6.93. The SMILES string of the molecule is NCCNC(=O)C1N(C(=O)c2ccc(F)c(F)c2)CCN1C(=O)c1ccc(Cl)c(Cl)c1. The first-order valence-electron chi connectivity index (χ1n) is 9.24. The van der Waals surface area contributed by atoms with Crippen LogP contribution < -0.4 is 11.1 Å². The molecule has 1 heterocycles. The summed E-state index contributed by atoms with van der Waals surface area (Å²) in [6.45, 7) is 0.314. The van der Waals surface area contributed by atoms with Crippen LogP contribution in [0.15, 0.2) is 36.4 Å². The summed E-state index contributed by atoms with van der Waals surface area (Å²) in [5.74, 6) is -4.21. The second-order valence-corrected chi connectivity index (χ2v) is 7.52. The number of hydrogen-bond acceptors (Lipinski definition) is 4. The normalized spacial score (nSPS) is 15.8. The van der Waals surface area contributed by atoms with Gasteiger partial charge in [0.2, 0.25) is 0 Å². The minimum Gasteiger partial charge on any atom is -0.351 e. The second kappa shape index (κ2) is 9.59. The number of carbonyl (C=O) groups excluding carboxylic acids is 3. The molecular formula is C20H18Cl2F2N4O3. The fourth-order valence-corrected chi connectivity index (χ4v) is 3.51. The van der Waals surface area contributed by atoms with Gasteiger partial charge in [0.15, 0.2) is 17.8 Å². The second-order valence-electron chi connectivity index (χ2n) is 6.71. The van der Waals surface area contributed by atoms with Crippen molar-refractivity contribution in [1.29, 1.82) is 0 Å². The Bertz CT molecular complexity index is 966. The summed E-state index contributed by atoms with van der Waals surface area (Å²) in [5.41, 5.74) is 5.45. The van der Waals surface area contributed by atoms with Gasteiger partial charge in [0.1, 0.15) is 0 Å². The van der Waals surface area contributed by atoms with Crippen molar-refractivity contribution < 1.29 is 23.2 Å². The lowest BCUT2D eigenvalue weighted by Crippen LogP contribution is -2.54. The summed E-state index contributed by atoms with van der Waals surface area (Å²) < 4.78 is 26.9. The third-order valence-corrected chi connectivity index (χ3v) is 5.44. The zero-order chi connectivity index (χ0) is 22.7. The van der Waals surface area contributed by atoms with E-state index in [9.17, 15) is 23.2 Å². The van der Waals surface area contributed by atoms with E-state index in [1.807, 2.05) is 0 Å². The van der Waals surface area contributed by atoms with Crippen LogP contribution in [0.4, 0.5) is 8.78 Å². The van der Waals surface area contributed by atoms with Crippen molar-refractivity contribution >= 4 is 40.9 Å². The maximum absolute atomic E-state index is 13.6. The van der Waals surface area contributed by atoms with Gasteiger partial charge in [-0.25, -0.2) is 8.78 Å². The van der Waals surface area contributed by atoms with Crippen LogP contribution in [-0.4, -0.2) is 59.9 Å². The molecule has 2 aromatic rings. The quantitative estimate of drug-likeness (QED) is 0.700. The number of nitrogens with two attached hydrogens (primary N) is 1. The first-order valence-corrected chi connectivity index (χ1v) is 10.00. The molecule has 0 aliphatic carbocycles. The average molecular weight is 471 g/mol. The van der Waals surface area contributed by atoms with E-state index in [0.717, 1.165) is 23.1 Å². The molecule has 11 heteroatoms. The van der Waals surface area contributed by atoms with Crippen LogP contribution in [0.25, 0.3) is 0 Å². The molecule has 3 amide bonds. The Morgan fingerprint density at radius 2 is 1.52 bits per heavy atom. The van der Waals surface area contributed by atoms with Crippen molar-refractivity contribution in [3.8, 4) is 0 Å². The molecule has 0 saturated carbocycles. The van der Waals surface area contributed by atoms with Crippen molar-refractivity contribution in [2.75, 3.05) is 26.2 Å². The molecule has 1 saturated heterocycles. The van der Waals surface area contributed by atoms with Gasteiger partial charge >= 0.3 is 0 Å². The lowest BCUT2D eigenvalue weighted by molar-refractivity contribution is -0.128. The van der Waals surface area contributed by atoms with E-state index in [1.165, 1.54) is 23.1 Å². The Morgan fingerprint density at radius 3 is 2.06 bits per heavy atom. The molecule has 1 aliphatic rings. The van der Waals surface area contributed by atoms with E-state index in [0.29, 0.717) is 0 Å². The summed E-state index contributed by atoms with van der Waals surface area (Å²) in [4.78, 5) is 41.2. The van der Waals surface area contributed by atoms with Crippen molar-refractivity contribution in [2.45, 2.75) is 6.17 Å². The maximum atomic E-state index is 13.6. The van der Waals surface area contributed by atoms with Crippen LogP contribution in [0.2, 0.25) is 10.0 Å². The van der Waals surface area contributed by atoms with Crippen LogP contribution in [0.5, 0.6) is 0 Å². The average Bonchev–Trinajstić information content (AvgIpc) is 3.20. The van der Waals surface area contributed by atoms with E-state index in [-0.39, 0.29) is 47.4 Å². The van der Waals surface area contributed by atoms with Crippen molar-refractivity contribution in [2.24, 2.45) is 5.73 Å². The Hall–Kier alpha value is -2.75. The topological polar surface area (TPSA) is 95.7 Å². The van der Waals surface area contributed by atoms with Crippen LogP contribution in [0.1, 0.15) is 20.7 Å². The Kier molecular flexibility index (Phi) is 7.09. The van der Waals surface area contributed by atoms with E-state index < -0.39 is 35.5 Å². The molecule has 164 valence electrons. The van der Waals surface area contributed by atoms with Gasteiger partial charge in [-0.15, -0.1) is 0 Å². The molecule has 0 bridgehead atoms.